The number of benzene rings is 2. The molecule has 0 aliphatic carbocycles. The third kappa shape index (κ3) is 5.53. The van der Waals surface area contributed by atoms with Crippen LogP contribution >= 0.6 is 0 Å². The summed E-state index contributed by atoms with van der Waals surface area (Å²) in [5.41, 5.74) is 2.63. The predicted octanol–water partition coefficient (Wildman–Crippen LogP) is 2.41. The molecule has 0 N–H and O–H groups in total. The molecule has 8 nitrogen and oxygen atoms in total. The van der Waals surface area contributed by atoms with Crippen LogP contribution in [0.2, 0.25) is 0 Å². The van der Waals surface area contributed by atoms with Crippen molar-refractivity contribution in [3.8, 4) is 17.2 Å². The van der Waals surface area contributed by atoms with Crippen molar-refractivity contribution in [2.24, 2.45) is 0 Å². The zero-order valence-electron chi connectivity index (χ0n) is 17.8. The maximum atomic E-state index is 12.5. The third-order valence-electron chi connectivity index (χ3n) is 5.04. The normalized spacial score (nSPS) is 12.5. The number of fused-ring (bicyclic) bond motifs is 1. The Morgan fingerprint density at radius 2 is 1.58 bits per heavy atom. The molecule has 0 saturated carbocycles. The standard InChI is InChI=1S/C23H25NO7/c1-15(25)16-4-6-19(7-5-16)30-14-23(27)31-13-22(26)24-9-8-17-10-20(28-2)21(29-3)11-18(17)12-24/h4-7,10-11H,8-9,12-14H2,1-3H3. The maximum absolute atomic E-state index is 12.5. The van der Waals surface area contributed by atoms with Crippen LogP contribution in [0.15, 0.2) is 36.4 Å². The lowest BCUT2D eigenvalue weighted by Gasteiger charge is -2.29. The lowest BCUT2D eigenvalue weighted by Crippen LogP contribution is -2.39. The summed E-state index contributed by atoms with van der Waals surface area (Å²) in [5, 5.41) is 0. The van der Waals surface area contributed by atoms with E-state index in [1.807, 2.05) is 12.1 Å². The SMILES string of the molecule is COc1cc2c(cc1OC)CN(C(=O)COC(=O)COc1ccc(C(C)=O)cc1)CC2. The zero-order chi connectivity index (χ0) is 22.4. The molecule has 0 atom stereocenters. The second-order valence-electron chi connectivity index (χ2n) is 7.07. The van der Waals surface area contributed by atoms with E-state index in [0.717, 1.165) is 11.1 Å². The van der Waals surface area contributed by atoms with Gasteiger partial charge < -0.3 is 23.8 Å². The molecule has 0 aromatic heterocycles. The highest BCUT2D eigenvalue weighted by Gasteiger charge is 2.23. The summed E-state index contributed by atoms with van der Waals surface area (Å²) in [6.07, 6.45) is 0.675. The first-order chi connectivity index (χ1) is 14.9. The van der Waals surface area contributed by atoms with Gasteiger partial charge in [0.2, 0.25) is 0 Å². The first kappa shape index (κ1) is 22.1. The number of carbonyl (C=O) groups is 3. The number of rotatable bonds is 8. The van der Waals surface area contributed by atoms with Crippen LogP contribution < -0.4 is 14.2 Å². The van der Waals surface area contributed by atoms with Gasteiger partial charge in [-0.2, -0.15) is 0 Å². The number of methoxy groups -OCH3 is 2. The first-order valence-corrected chi connectivity index (χ1v) is 9.82. The van der Waals surface area contributed by atoms with Crippen molar-refractivity contribution in [1.29, 1.82) is 0 Å². The van der Waals surface area contributed by atoms with Crippen LogP contribution in [0, 0.1) is 0 Å². The van der Waals surface area contributed by atoms with Gasteiger partial charge in [0, 0.05) is 18.7 Å². The average Bonchev–Trinajstić information content (AvgIpc) is 2.79. The minimum absolute atomic E-state index is 0.0533. The molecule has 0 unspecified atom stereocenters. The van der Waals surface area contributed by atoms with Crippen LogP contribution in [0.3, 0.4) is 0 Å². The highest BCUT2D eigenvalue weighted by molar-refractivity contribution is 5.94. The number of carbonyl (C=O) groups excluding carboxylic acids is 3. The Morgan fingerprint density at radius 3 is 2.19 bits per heavy atom. The van der Waals surface area contributed by atoms with Crippen LogP contribution in [-0.2, 0) is 27.3 Å². The predicted molar refractivity (Wildman–Crippen MR) is 112 cm³/mol. The quantitative estimate of drug-likeness (QED) is 0.472. The van der Waals surface area contributed by atoms with Crippen molar-refractivity contribution in [3.05, 3.63) is 53.1 Å². The molecule has 1 aliphatic rings. The van der Waals surface area contributed by atoms with E-state index in [4.69, 9.17) is 18.9 Å². The summed E-state index contributed by atoms with van der Waals surface area (Å²) >= 11 is 0. The Labute approximate surface area is 180 Å². The van der Waals surface area contributed by atoms with Gasteiger partial charge in [0.25, 0.3) is 5.91 Å². The smallest absolute Gasteiger partial charge is 0.344 e. The van der Waals surface area contributed by atoms with Gasteiger partial charge in [-0.25, -0.2) is 4.79 Å². The van der Waals surface area contributed by atoms with Crippen LogP contribution in [0.25, 0.3) is 0 Å². The molecule has 0 radical (unpaired) electrons. The lowest BCUT2D eigenvalue weighted by atomic mass is 9.99. The molecule has 2 aromatic carbocycles. The second kappa shape index (κ2) is 9.97. The molecule has 0 bridgehead atoms. The Kier molecular flexibility index (Phi) is 7.12. The molecule has 31 heavy (non-hydrogen) atoms. The monoisotopic (exact) mass is 427 g/mol. The fraction of sp³-hybridized carbons (Fsp3) is 0.348. The van der Waals surface area contributed by atoms with Gasteiger partial charge in [-0.1, -0.05) is 0 Å². The molecule has 1 aliphatic heterocycles. The van der Waals surface area contributed by atoms with Gasteiger partial charge in [0.15, 0.2) is 30.5 Å². The molecule has 0 saturated heterocycles. The van der Waals surface area contributed by atoms with E-state index in [0.29, 0.717) is 42.3 Å². The van der Waals surface area contributed by atoms with Gasteiger partial charge in [-0.15, -0.1) is 0 Å². The van der Waals surface area contributed by atoms with Crippen LogP contribution in [0.5, 0.6) is 17.2 Å². The number of esters is 1. The highest BCUT2D eigenvalue weighted by Crippen LogP contribution is 2.33. The van der Waals surface area contributed by atoms with Crippen LogP contribution in [-0.4, -0.2) is 56.5 Å². The van der Waals surface area contributed by atoms with Crippen molar-refractivity contribution in [1.82, 2.24) is 4.90 Å². The number of hydrogen-bond donors (Lipinski definition) is 0. The first-order valence-electron chi connectivity index (χ1n) is 9.82. The highest BCUT2D eigenvalue weighted by atomic mass is 16.6. The Hall–Kier alpha value is -3.55. The average molecular weight is 427 g/mol. The molecule has 0 spiro atoms. The molecule has 2 aromatic rings. The summed E-state index contributed by atoms with van der Waals surface area (Å²) in [6.45, 7) is 1.72. The molecular weight excluding hydrogens is 402 g/mol. The zero-order valence-corrected chi connectivity index (χ0v) is 17.8. The summed E-state index contributed by atoms with van der Waals surface area (Å²) < 4.78 is 21.0. The van der Waals surface area contributed by atoms with Gasteiger partial charge in [0.05, 0.1) is 14.2 Å². The van der Waals surface area contributed by atoms with E-state index in [1.54, 1.807) is 43.4 Å². The number of ketones is 1. The topological polar surface area (TPSA) is 91.4 Å². The molecule has 0 fully saturated rings. The van der Waals surface area contributed by atoms with Gasteiger partial charge in [-0.05, 0) is 60.9 Å². The molecule has 1 heterocycles. The summed E-state index contributed by atoms with van der Waals surface area (Å²) in [7, 11) is 3.15. The molecule has 164 valence electrons. The minimum Gasteiger partial charge on any atom is -0.493 e. The minimum atomic E-state index is -0.646. The Bertz CT molecular complexity index is 969. The molecular formula is C23H25NO7. The lowest BCUT2D eigenvalue weighted by molar-refractivity contribution is -0.154. The van der Waals surface area contributed by atoms with Crippen LogP contribution in [0.1, 0.15) is 28.4 Å². The third-order valence-corrected chi connectivity index (χ3v) is 5.04. The van der Waals surface area contributed by atoms with Crippen molar-refractivity contribution in [3.63, 3.8) is 0 Å². The van der Waals surface area contributed by atoms with E-state index < -0.39 is 5.97 Å². The Balaban J connectivity index is 1.48. The number of hydrogen-bond acceptors (Lipinski definition) is 7. The summed E-state index contributed by atoms with van der Waals surface area (Å²) in [6, 6.07) is 10.2. The van der Waals surface area contributed by atoms with Crippen LogP contribution in [0.4, 0.5) is 0 Å². The van der Waals surface area contributed by atoms with Crippen molar-refractivity contribution in [2.45, 2.75) is 19.9 Å². The Morgan fingerprint density at radius 1 is 0.935 bits per heavy atom. The van der Waals surface area contributed by atoms with Gasteiger partial charge in [0.1, 0.15) is 5.75 Å². The summed E-state index contributed by atoms with van der Waals surface area (Å²) in [5.74, 6) is 0.724. The van der Waals surface area contributed by atoms with Gasteiger partial charge in [-0.3, -0.25) is 9.59 Å². The van der Waals surface area contributed by atoms with Crippen molar-refractivity contribution < 1.29 is 33.3 Å². The molecule has 8 heteroatoms. The fourth-order valence-electron chi connectivity index (χ4n) is 3.30. The fourth-order valence-corrected chi connectivity index (χ4v) is 3.30. The van der Waals surface area contributed by atoms with E-state index in [-0.39, 0.29) is 24.9 Å². The largest absolute Gasteiger partial charge is 0.493 e. The number of Topliss-reactive ketones (excluding diaryl/α,β-unsaturated/α-hetero) is 1. The van der Waals surface area contributed by atoms with Crippen molar-refractivity contribution >= 4 is 17.7 Å². The number of amides is 1. The maximum Gasteiger partial charge on any atom is 0.344 e. The van der Waals surface area contributed by atoms with Crippen molar-refractivity contribution in [2.75, 3.05) is 34.0 Å². The van der Waals surface area contributed by atoms with E-state index in [2.05, 4.69) is 0 Å². The van der Waals surface area contributed by atoms with E-state index in [1.165, 1.54) is 6.92 Å². The van der Waals surface area contributed by atoms with E-state index in [9.17, 15) is 14.4 Å². The number of ether oxygens (including phenoxy) is 4. The van der Waals surface area contributed by atoms with E-state index >= 15 is 0 Å². The molecule has 1 amide bonds. The molecule has 3 rings (SSSR count). The summed E-state index contributed by atoms with van der Waals surface area (Å²) in [4.78, 5) is 37.3. The van der Waals surface area contributed by atoms with Gasteiger partial charge >= 0.3 is 5.97 Å². The second-order valence-corrected chi connectivity index (χ2v) is 7.07. The number of nitrogens with zero attached hydrogens (tertiary/aromatic N) is 1.